The Kier molecular flexibility index (Phi) is 3.54. The van der Waals surface area contributed by atoms with Gasteiger partial charge >= 0.3 is 0 Å². The number of likely N-dealkylation sites (N-methyl/N-ethyl adjacent to an activating group) is 1. The summed E-state index contributed by atoms with van der Waals surface area (Å²) >= 11 is 0. The van der Waals surface area contributed by atoms with Crippen molar-refractivity contribution in [3.8, 4) is 0 Å². The molecule has 4 nitrogen and oxygen atoms in total. The lowest BCUT2D eigenvalue weighted by Gasteiger charge is -2.28. The lowest BCUT2D eigenvalue weighted by molar-refractivity contribution is -0.0274. The molecule has 16 heavy (non-hydrogen) atoms. The van der Waals surface area contributed by atoms with Crippen LogP contribution in [0, 0.1) is 0 Å². The summed E-state index contributed by atoms with van der Waals surface area (Å²) in [5.74, 6) is 0. The van der Waals surface area contributed by atoms with E-state index in [1.807, 2.05) is 6.92 Å². The van der Waals surface area contributed by atoms with Crippen LogP contribution in [-0.2, 0) is 4.74 Å². The van der Waals surface area contributed by atoms with E-state index in [-0.39, 0.29) is 6.10 Å². The molecule has 0 aliphatic carbocycles. The molecule has 2 saturated heterocycles. The number of nitrogens with zero attached hydrogens (tertiary/aromatic N) is 1. The van der Waals surface area contributed by atoms with Gasteiger partial charge in [-0.3, -0.25) is 0 Å². The number of rotatable bonds is 3. The predicted molar refractivity (Wildman–Crippen MR) is 63.5 cm³/mol. The minimum absolute atomic E-state index is 0.0449. The van der Waals surface area contributed by atoms with Crippen LogP contribution >= 0.6 is 0 Å². The molecular weight excluding hydrogens is 204 g/mol. The summed E-state index contributed by atoms with van der Waals surface area (Å²) in [7, 11) is 2.16. The Balaban J connectivity index is 1.79. The lowest BCUT2D eigenvalue weighted by atomic mass is 9.96. The fourth-order valence-electron chi connectivity index (χ4n) is 2.67. The second kappa shape index (κ2) is 4.61. The van der Waals surface area contributed by atoms with Gasteiger partial charge in [0, 0.05) is 38.2 Å². The highest BCUT2D eigenvalue weighted by Gasteiger charge is 2.40. The minimum atomic E-state index is -0.662. The molecule has 0 aromatic carbocycles. The number of nitrogens with one attached hydrogen (secondary N) is 1. The smallest absolute Gasteiger partial charge is 0.105 e. The fraction of sp³-hybridized carbons (Fsp3) is 1.00. The molecule has 4 unspecified atom stereocenters. The van der Waals surface area contributed by atoms with Gasteiger partial charge in [0.2, 0.25) is 0 Å². The van der Waals surface area contributed by atoms with Crippen molar-refractivity contribution in [2.24, 2.45) is 0 Å². The molecular formula is C12H24N2O2. The Labute approximate surface area is 98.0 Å². The van der Waals surface area contributed by atoms with Crippen molar-refractivity contribution in [1.29, 1.82) is 0 Å². The van der Waals surface area contributed by atoms with Crippen LogP contribution in [0.4, 0.5) is 0 Å². The summed E-state index contributed by atoms with van der Waals surface area (Å²) in [5, 5.41) is 13.8. The maximum Gasteiger partial charge on any atom is 0.105 e. The van der Waals surface area contributed by atoms with Gasteiger partial charge in [-0.15, -0.1) is 0 Å². The summed E-state index contributed by atoms with van der Waals surface area (Å²) in [4.78, 5) is 2.36. The SMILES string of the molecule is CC1CC(NCC2(O)CCOC2C)CN1C. The van der Waals surface area contributed by atoms with Crippen LogP contribution in [-0.4, -0.2) is 60.5 Å². The maximum absolute atomic E-state index is 10.4. The van der Waals surface area contributed by atoms with E-state index in [9.17, 15) is 5.11 Å². The molecule has 0 aromatic rings. The van der Waals surface area contributed by atoms with Crippen molar-refractivity contribution in [2.45, 2.75) is 50.5 Å². The van der Waals surface area contributed by atoms with Gasteiger partial charge in [-0.2, -0.15) is 0 Å². The van der Waals surface area contributed by atoms with Crippen molar-refractivity contribution in [3.63, 3.8) is 0 Å². The standard InChI is InChI=1S/C12H24N2O2/c1-9-6-11(7-14(9)3)13-8-12(15)4-5-16-10(12)2/h9-11,13,15H,4-8H2,1-3H3. The summed E-state index contributed by atoms with van der Waals surface area (Å²) in [6.07, 6.45) is 1.87. The molecule has 0 amide bonds. The summed E-state index contributed by atoms with van der Waals surface area (Å²) in [6.45, 7) is 6.61. The van der Waals surface area contributed by atoms with Crippen molar-refractivity contribution in [2.75, 3.05) is 26.7 Å². The van der Waals surface area contributed by atoms with Crippen LogP contribution in [0.2, 0.25) is 0 Å². The molecule has 2 aliphatic heterocycles. The largest absolute Gasteiger partial charge is 0.386 e. The van der Waals surface area contributed by atoms with Gasteiger partial charge in [-0.25, -0.2) is 0 Å². The van der Waals surface area contributed by atoms with Crippen LogP contribution in [0.15, 0.2) is 0 Å². The van der Waals surface area contributed by atoms with E-state index >= 15 is 0 Å². The molecule has 2 rings (SSSR count). The van der Waals surface area contributed by atoms with Crippen LogP contribution in [0.1, 0.15) is 26.7 Å². The molecule has 2 N–H and O–H groups in total. The first-order valence-electron chi connectivity index (χ1n) is 6.29. The number of hydrogen-bond acceptors (Lipinski definition) is 4. The topological polar surface area (TPSA) is 44.7 Å². The number of aliphatic hydroxyl groups is 1. The second-order valence-corrected chi connectivity index (χ2v) is 5.47. The van der Waals surface area contributed by atoms with Gasteiger partial charge in [0.1, 0.15) is 5.60 Å². The number of hydrogen-bond donors (Lipinski definition) is 2. The number of likely N-dealkylation sites (tertiary alicyclic amines) is 1. The van der Waals surface area contributed by atoms with Crippen LogP contribution < -0.4 is 5.32 Å². The van der Waals surface area contributed by atoms with Gasteiger partial charge in [0.25, 0.3) is 0 Å². The maximum atomic E-state index is 10.4. The molecule has 94 valence electrons. The van der Waals surface area contributed by atoms with Gasteiger partial charge in [-0.05, 0) is 27.3 Å². The Bertz CT molecular complexity index is 239. The first kappa shape index (κ1) is 12.3. The van der Waals surface area contributed by atoms with Gasteiger partial charge < -0.3 is 20.1 Å². The van der Waals surface area contributed by atoms with Crippen LogP contribution in [0.25, 0.3) is 0 Å². The molecule has 4 heteroatoms. The second-order valence-electron chi connectivity index (χ2n) is 5.47. The van der Waals surface area contributed by atoms with Gasteiger partial charge in [0.15, 0.2) is 0 Å². The van der Waals surface area contributed by atoms with E-state index in [0.717, 1.165) is 13.0 Å². The first-order chi connectivity index (χ1) is 7.51. The van der Waals surface area contributed by atoms with Crippen molar-refractivity contribution in [1.82, 2.24) is 10.2 Å². The number of ether oxygens (including phenoxy) is 1. The van der Waals surface area contributed by atoms with E-state index in [4.69, 9.17) is 4.74 Å². The fourth-order valence-corrected chi connectivity index (χ4v) is 2.67. The third kappa shape index (κ3) is 2.40. The normalized spacial score (nSPS) is 45.4. The third-order valence-corrected chi connectivity index (χ3v) is 4.24. The molecule has 2 heterocycles. The summed E-state index contributed by atoms with van der Waals surface area (Å²) < 4.78 is 5.43. The highest BCUT2D eigenvalue weighted by Crippen LogP contribution is 2.25. The van der Waals surface area contributed by atoms with Crippen molar-refractivity contribution < 1.29 is 9.84 Å². The molecule has 0 aromatic heterocycles. The molecule has 0 spiro atoms. The van der Waals surface area contributed by atoms with E-state index in [0.29, 0.717) is 25.2 Å². The first-order valence-corrected chi connectivity index (χ1v) is 6.29. The molecule has 0 saturated carbocycles. The van der Waals surface area contributed by atoms with Gasteiger partial charge in [0.05, 0.1) is 6.10 Å². The van der Waals surface area contributed by atoms with E-state index in [1.165, 1.54) is 6.42 Å². The monoisotopic (exact) mass is 228 g/mol. The minimum Gasteiger partial charge on any atom is -0.386 e. The van der Waals surface area contributed by atoms with Crippen LogP contribution in [0.5, 0.6) is 0 Å². The average Bonchev–Trinajstić information content (AvgIpc) is 2.71. The van der Waals surface area contributed by atoms with Crippen molar-refractivity contribution >= 4 is 0 Å². The Morgan fingerprint density at radius 1 is 1.50 bits per heavy atom. The highest BCUT2D eigenvalue weighted by atomic mass is 16.5. The van der Waals surface area contributed by atoms with E-state index in [1.54, 1.807) is 0 Å². The lowest BCUT2D eigenvalue weighted by Crippen LogP contribution is -2.49. The average molecular weight is 228 g/mol. The van der Waals surface area contributed by atoms with E-state index < -0.39 is 5.60 Å². The van der Waals surface area contributed by atoms with Crippen LogP contribution in [0.3, 0.4) is 0 Å². The Morgan fingerprint density at radius 3 is 2.75 bits per heavy atom. The molecule has 0 bridgehead atoms. The quantitative estimate of drug-likeness (QED) is 0.725. The molecule has 4 atom stereocenters. The Morgan fingerprint density at radius 2 is 2.25 bits per heavy atom. The van der Waals surface area contributed by atoms with Crippen molar-refractivity contribution in [3.05, 3.63) is 0 Å². The predicted octanol–water partition coefficient (Wildman–Crippen LogP) is 0.209. The highest BCUT2D eigenvalue weighted by molar-refractivity contribution is 4.94. The summed E-state index contributed by atoms with van der Waals surface area (Å²) in [6, 6.07) is 1.15. The Hall–Kier alpha value is -0.160. The zero-order valence-corrected chi connectivity index (χ0v) is 10.6. The molecule has 0 radical (unpaired) electrons. The molecule has 2 fully saturated rings. The third-order valence-electron chi connectivity index (χ3n) is 4.24. The van der Waals surface area contributed by atoms with Gasteiger partial charge in [-0.1, -0.05) is 0 Å². The zero-order valence-electron chi connectivity index (χ0n) is 10.6. The summed E-state index contributed by atoms with van der Waals surface area (Å²) in [5.41, 5.74) is -0.662. The zero-order chi connectivity index (χ0) is 11.8. The van der Waals surface area contributed by atoms with E-state index in [2.05, 4.69) is 24.2 Å². The molecule has 2 aliphatic rings.